The van der Waals surface area contributed by atoms with Gasteiger partial charge in [-0.05, 0) is 45.7 Å². The van der Waals surface area contributed by atoms with Crippen LogP contribution in [0.25, 0.3) is 0 Å². The number of carbonyl (C=O) groups is 2. The second kappa shape index (κ2) is 9.90. The number of nitrogens with one attached hydrogen (secondary N) is 2. The maximum Gasteiger partial charge on any atom is 0.407 e. The third kappa shape index (κ3) is 7.94. The van der Waals surface area contributed by atoms with Gasteiger partial charge in [-0.15, -0.1) is 0 Å². The van der Waals surface area contributed by atoms with Gasteiger partial charge in [0.1, 0.15) is 11.4 Å². The maximum atomic E-state index is 12.3. The molecular weight excluding hydrogens is 306 g/mol. The lowest BCUT2D eigenvalue weighted by Gasteiger charge is -2.19. The molecule has 1 amide bonds. The third-order valence-corrected chi connectivity index (χ3v) is 3.18. The van der Waals surface area contributed by atoms with Crippen LogP contribution in [-0.4, -0.2) is 35.6 Å². The summed E-state index contributed by atoms with van der Waals surface area (Å²) < 4.78 is 5.15. The number of hydrogen-bond acceptors (Lipinski definition) is 5. The zero-order chi connectivity index (χ0) is 18.0. The van der Waals surface area contributed by atoms with E-state index in [-0.39, 0.29) is 5.78 Å². The topological polar surface area (TPSA) is 80.3 Å². The van der Waals surface area contributed by atoms with Crippen LogP contribution in [0.2, 0.25) is 0 Å². The van der Waals surface area contributed by atoms with E-state index in [0.717, 1.165) is 19.4 Å². The molecule has 0 bridgehead atoms. The Labute approximate surface area is 144 Å². The number of alkyl carbamates (subject to hydrolysis) is 1. The molecule has 0 atom stereocenters. The summed E-state index contributed by atoms with van der Waals surface area (Å²) in [6.45, 7) is 8.75. The highest BCUT2D eigenvalue weighted by atomic mass is 16.6. The monoisotopic (exact) mass is 335 g/mol. The Hall–Kier alpha value is -2.11. The largest absolute Gasteiger partial charge is 0.444 e. The highest BCUT2D eigenvalue weighted by Gasteiger charge is 2.16. The predicted molar refractivity (Wildman–Crippen MR) is 95.4 cm³/mol. The van der Waals surface area contributed by atoms with Crippen molar-refractivity contribution in [3.05, 3.63) is 23.9 Å². The molecular formula is C18H29N3O3. The van der Waals surface area contributed by atoms with E-state index >= 15 is 0 Å². The van der Waals surface area contributed by atoms with E-state index < -0.39 is 11.7 Å². The molecule has 0 aliphatic rings. The smallest absolute Gasteiger partial charge is 0.407 e. The van der Waals surface area contributed by atoms with Crippen molar-refractivity contribution in [3.63, 3.8) is 0 Å². The van der Waals surface area contributed by atoms with Crippen LogP contribution in [0.4, 0.5) is 10.6 Å². The number of ketones is 1. The van der Waals surface area contributed by atoms with Gasteiger partial charge in [-0.1, -0.05) is 13.3 Å². The van der Waals surface area contributed by atoms with Gasteiger partial charge in [-0.2, -0.15) is 0 Å². The van der Waals surface area contributed by atoms with E-state index in [9.17, 15) is 9.59 Å². The molecule has 0 aliphatic carbocycles. The van der Waals surface area contributed by atoms with Crippen LogP contribution in [-0.2, 0) is 4.74 Å². The Morgan fingerprint density at radius 2 is 1.96 bits per heavy atom. The van der Waals surface area contributed by atoms with Crippen LogP contribution in [0, 0.1) is 0 Å². The number of anilines is 1. The second-order valence-corrected chi connectivity index (χ2v) is 6.64. The lowest BCUT2D eigenvalue weighted by Crippen LogP contribution is -2.33. The first-order valence-corrected chi connectivity index (χ1v) is 8.52. The van der Waals surface area contributed by atoms with Crippen molar-refractivity contribution in [1.82, 2.24) is 10.3 Å². The Morgan fingerprint density at radius 3 is 2.62 bits per heavy atom. The van der Waals surface area contributed by atoms with Crippen molar-refractivity contribution in [3.8, 4) is 0 Å². The first kappa shape index (κ1) is 19.9. The van der Waals surface area contributed by atoms with Gasteiger partial charge in [0, 0.05) is 25.7 Å². The summed E-state index contributed by atoms with van der Waals surface area (Å²) in [7, 11) is 0. The van der Waals surface area contributed by atoms with Crippen LogP contribution in [0.15, 0.2) is 18.3 Å². The summed E-state index contributed by atoms with van der Waals surface area (Å²) in [4.78, 5) is 28.1. The van der Waals surface area contributed by atoms with Crippen molar-refractivity contribution in [2.75, 3.05) is 18.4 Å². The molecule has 0 radical (unpaired) electrons. The zero-order valence-corrected chi connectivity index (χ0v) is 15.1. The van der Waals surface area contributed by atoms with Crippen LogP contribution >= 0.6 is 0 Å². The maximum absolute atomic E-state index is 12.3. The molecule has 1 aromatic heterocycles. The molecule has 0 saturated carbocycles. The fourth-order valence-electron chi connectivity index (χ4n) is 2.04. The molecule has 1 heterocycles. The molecule has 24 heavy (non-hydrogen) atoms. The minimum atomic E-state index is -0.519. The van der Waals surface area contributed by atoms with Gasteiger partial charge < -0.3 is 15.4 Å². The number of carbonyl (C=O) groups excluding carboxylic acids is 2. The molecule has 0 saturated heterocycles. The lowest BCUT2D eigenvalue weighted by molar-refractivity contribution is 0.0525. The molecule has 1 aromatic rings. The fraction of sp³-hybridized carbons (Fsp3) is 0.611. The number of unbranched alkanes of at least 4 members (excludes halogenated alkanes) is 1. The van der Waals surface area contributed by atoms with E-state index in [1.807, 2.05) is 20.8 Å². The summed E-state index contributed by atoms with van der Waals surface area (Å²) in [6.07, 6.45) is 4.24. The quantitative estimate of drug-likeness (QED) is 0.530. The lowest BCUT2D eigenvalue weighted by atomic mass is 10.1. The van der Waals surface area contributed by atoms with Crippen molar-refractivity contribution in [2.45, 2.75) is 59.0 Å². The van der Waals surface area contributed by atoms with Crippen molar-refractivity contribution < 1.29 is 14.3 Å². The van der Waals surface area contributed by atoms with Crippen molar-refractivity contribution in [2.24, 2.45) is 0 Å². The first-order valence-electron chi connectivity index (χ1n) is 8.52. The highest BCUT2D eigenvalue weighted by Crippen LogP contribution is 2.15. The average molecular weight is 335 g/mol. The number of ether oxygens (including phenoxy) is 1. The van der Waals surface area contributed by atoms with Gasteiger partial charge in [-0.25, -0.2) is 9.78 Å². The van der Waals surface area contributed by atoms with Gasteiger partial charge in [0.15, 0.2) is 5.78 Å². The Bertz CT molecular complexity index is 539. The summed E-state index contributed by atoms with van der Waals surface area (Å²) in [5.74, 6) is 0.657. The van der Waals surface area contributed by atoms with Gasteiger partial charge in [0.2, 0.25) is 0 Å². The van der Waals surface area contributed by atoms with Crippen molar-refractivity contribution in [1.29, 1.82) is 0 Å². The number of nitrogens with zero attached hydrogens (tertiary/aromatic N) is 1. The zero-order valence-electron chi connectivity index (χ0n) is 15.1. The molecule has 6 heteroatoms. The molecule has 0 unspecified atom stereocenters. The number of rotatable bonds is 9. The minimum Gasteiger partial charge on any atom is -0.444 e. The number of Topliss-reactive ketones (excluding diaryl/α,β-unsaturated/α-hetero) is 1. The number of amides is 1. The predicted octanol–water partition coefficient (Wildman–Crippen LogP) is 3.78. The average Bonchev–Trinajstić information content (AvgIpc) is 2.50. The minimum absolute atomic E-state index is 0.0214. The van der Waals surface area contributed by atoms with Crippen molar-refractivity contribution >= 4 is 17.7 Å². The first-order chi connectivity index (χ1) is 11.3. The van der Waals surface area contributed by atoms with E-state index in [1.165, 1.54) is 0 Å². The number of pyridine rings is 1. The number of aromatic nitrogens is 1. The summed E-state index contributed by atoms with van der Waals surface area (Å²) in [5.41, 5.74) is 0.0835. The summed E-state index contributed by atoms with van der Waals surface area (Å²) in [6, 6.07) is 3.54. The van der Waals surface area contributed by atoms with Crippen LogP contribution in [0.3, 0.4) is 0 Å². The normalized spacial score (nSPS) is 11.0. The summed E-state index contributed by atoms with van der Waals surface area (Å²) in [5, 5.41) is 5.87. The standard InChI is InChI=1S/C18H29N3O3/c1-5-6-11-19-16-14(9-7-12-20-16)15(22)10-8-13-21-17(23)24-18(2,3)4/h7,9,12H,5-6,8,10-11,13H2,1-4H3,(H,19,20)(H,21,23). The Morgan fingerprint density at radius 1 is 1.21 bits per heavy atom. The van der Waals surface area contributed by atoms with Crippen LogP contribution < -0.4 is 10.6 Å². The van der Waals surface area contributed by atoms with Crippen LogP contribution in [0.1, 0.15) is 63.7 Å². The fourth-order valence-corrected chi connectivity index (χ4v) is 2.04. The van der Waals surface area contributed by atoms with Gasteiger partial charge in [0.25, 0.3) is 0 Å². The third-order valence-electron chi connectivity index (χ3n) is 3.18. The van der Waals surface area contributed by atoms with E-state index in [1.54, 1.807) is 18.3 Å². The molecule has 0 fully saturated rings. The van der Waals surface area contributed by atoms with E-state index in [2.05, 4.69) is 22.5 Å². The Kier molecular flexibility index (Phi) is 8.22. The molecule has 0 aliphatic heterocycles. The molecule has 0 spiro atoms. The van der Waals surface area contributed by atoms with Crippen LogP contribution in [0.5, 0.6) is 0 Å². The molecule has 2 N–H and O–H groups in total. The van der Waals surface area contributed by atoms with Gasteiger partial charge in [-0.3, -0.25) is 4.79 Å². The number of hydrogen-bond donors (Lipinski definition) is 2. The highest BCUT2D eigenvalue weighted by molar-refractivity contribution is 6.00. The second-order valence-electron chi connectivity index (χ2n) is 6.64. The molecule has 134 valence electrons. The molecule has 6 nitrogen and oxygen atoms in total. The SMILES string of the molecule is CCCCNc1ncccc1C(=O)CCCNC(=O)OC(C)(C)C. The summed E-state index contributed by atoms with van der Waals surface area (Å²) >= 11 is 0. The van der Waals surface area contributed by atoms with Gasteiger partial charge >= 0.3 is 6.09 Å². The van der Waals surface area contributed by atoms with Gasteiger partial charge in [0.05, 0.1) is 5.56 Å². The van der Waals surface area contributed by atoms with E-state index in [0.29, 0.717) is 30.8 Å². The van der Waals surface area contributed by atoms with E-state index in [4.69, 9.17) is 4.74 Å². The molecule has 1 rings (SSSR count). The Balaban J connectivity index is 2.41. The molecule has 0 aromatic carbocycles.